The Balaban J connectivity index is 1.73. The molecule has 0 saturated carbocycles. The number of carbonyl (C=O) groups is 2. The molecule has 1 aromatic carbocycles. The fraction of sp³-hybridized carbons (Fsp3) is 0.333. The van der Waals surface area contributed by atoms with Crippen LogP contribution in [0.1, 0.15) is 6.42 Å². The van der Waals surface area contributed by atoms with E-state index in [0.717, 1.165) is 0 Å². The summed E-state index contributed by atoms with van der Waals surface area (Å²) >= 11 is 12.0. The lowest BCUT2D eigenvalue weighted by molar-refractivity contribution is -0.139. The summed E-state index contributed by atoms with van der Waals surface area (Å²) in [6.07, 6.45) is 1.33. The first-order valence-corrected chi connectivity index (χ1v) is 7.55. The lowest BCUT2D eigenvalue weighted by atomic mass is 10.1. The minimum absolute atomic E-state index is 0.0265. The molecule has 0 bridgehead atoms. The maximum atomic E-state index is 11.9. The van der Waals surface area contributed by atoms with E-state index in [0.29, 0.717) is 35.4 Å². The summed E-state index contributed by atoms with van der Waals surface area (Å²) in [6, 6.07) is 5.18. The van der Waals surface area contributed by atoms with Crippen molar-refractivity contribution in [2.24, 2.45) is 0 Å². The molecule has 0 radical (unpaired) electrons. The Kier molecular flexibility index (Phi) is 5.69. The van der Waals surface area contributed by atoms with Gasteiger partial charge < -0.3 is 15.0 Å². The predicted molar refractivity (Wildman–Crippen MR) is 85.3 cm³/mol. The molecule has 0 spiro atoms. The number of ether oxygens (including phenoxy) is 1. The molecule has 0 unspecified atom stereocenters. The van der Waals surface area contributed by atoms with Gasteiger partial charge in [0, 0.05) is 13.0 Å². The Morgan fingerprint density at radius 2 is 2.14 bits per heavy atom. The number of rotatable bonds is 6. The Labute approximate surface area is 138 Å². The summed E-state index contributed by atoms with van der Waals surface area (Å²) in [6.45, 7) is 4.63. The number of likely N-dealkylation sites (tertiary alicyclic amines) is 1. The van der Waals surface area contributed by atoms with E-state index in [1.165, 1.54) is 6.08 Å². The van der Waals surface area contributed by atoms with Crippen LogP contribution in [-0.2, 0) is 9.59 Å². The number of amides is 2. The van der Waals surface area contributed by atoms with E-state index in [9.17, 15) is 9.59 Å². The SMILES string of the molecule is C=CC(=O)NCCC(=O)N1CC(Oc2cccc(Cl)c2Cl)C1. The Morgan fingerprint density at radius 3 is 2.82 bits per heavy atom. The monoisotopic (exact) mass is 342 g/mol. The molecule has 22 heavy (non-hydrogen) atoms. The lowest BCUT2D eigenvalue weighted by Gasteiger charge is -2.39. The van der Waals surface area contributed by atoms with Gasteiger partial charge in [0.1, 0.15) is 16.9 Å². The molecule has 2 rings (SSSR count). The molecular weight excluding hydrogens is 327 g/mol. The summed E-state index contributed by atoms with van der Waals surface area (Å²) in [5.74, 6) is 0.208. The molecule has 1 N–H and O–H groups in total. The van der Waals surface area contributed by atoms with Crippen LogP contribution in [0.15, 0.2) is 30.9 Å². The van der Waals surface area contributed by atoms with E-state index in [4.69, 9.17) is 27.9 Å². The molecule has 1 aliphatic rings. The van der Waals surface area contributed by atoms with Crippen LogP contribution in [0.3, 0.4) is 0 Å². The Bertz CT molecular complexity index is 586. The Morgan fingerprint density at radius 1 is 1.41 bits per heavy atom. The second kappa shape index (κ2) is 7.51. The van der Waals surface area contributed by atoms with Crippen molar-refractivity contribution in [2.75, 3.05) is 19.6 Å². The maximum Gasteiger partial charge on any atom is 0.243 e. The van der Waals surface area contributed by atoms with Gasteiger partial charge in [-0.3, -0.25) is 9.59 Å². The zero-order valence-corrected chi connectivity index (χ0v) is 13.4. The summed E-state index contributed by atoms with van der Waals surface area (Å²) < 4.78 is 5.71. The second-order valence-corrected chi connectivity index (χ2v) is 5.62. The molecule has 0 atom stereocenters. The van der Waals surface area contributed by atoms with Gasteiger partial charge in [-0.25, -0.2) is 0 Å². The largest absolute Gasteiger partial charge is 0.485 e. The van der Waals surface area contributed by atoms with E-state index < -0.39 is 0 Å². The smallest absolute Gasteiger partial charge is 0.243 e. The molecule has 1 heterocycles. The predicted octanol–water partition coefficient (Wildman–Crippen LogP) is 2.28. The van der Waals surface area contributed by atoms with Gasteiger partial charge in [0.05, 0.1) is 18.1 Å². The van der Waals surface area contributed by atoms with Gasteiger partial charge in [-0.15, -0.1) is 0 Å². The third kappa shape index (κ3) is 4.15. The van der Waals surface area contributed by atoms with Crippen LogP contribution < -0.4 is 10.1 Å². The third-order valence-corrected chi connectivity index (χ3v) is 4.04. The lowest BCUT2D eigenvalue weighted by Crippen LogP contribution is -2.56. The quantitative estimate of drug-likeness (QED) is 0.807. The molecule has 118 valence electrons. The molecular formula is C15H16Cl2N2O3. The fourth-order valence-electron chi connectivity index (χ4n) is 1.99. The molecule has 5 nitrogen and oxygen atoms in total. The minimum atomic E-state index is -0.284. The average Bonchev–Trinajstić information content (AvgIpc) is 2.46. The van der Waals surface area contributed by atoms with Crippen LogP contribution in [0.2, 0.25) is 10.0 Å². The summed E-state index contributed by atoms with van der Waals surface area (Å²) in [4.78, 5) is 24.5. The van der Waals surface area contributed by atoms with Crippen molar-refractivity contribution in [3.05, 3.63) is 40.9 Å². The molecule has 1 aliphatic heterocycles. The second-order valence-electron chi connectivity index (χ2n) is 4.84. The van der Waals surface area contributed by atoms with Gasteiger partial charge in [0.2, 0.25) is 11.8 Å². The van der Waals surface area contributed by atoms with Gasteiger partial charge in [0.15, 0.2) is 0 Å². The molecule has 1 fully saturated rings. The number of hydrogen-bond donors (Lipinski definition) is 1. The van der Waals surface area contributed by atoms with Crippen molar-refractivity contribution in [1.82, 2.24) is 10.2 Å². The number of carbonyl (C=O) groups excluding carboxylic acids is 2. The zero-order chi connectivity index (χ0) is 16.1. The molecule has 0 aliphatic carbocycles. The van der Waals surface area contributed by atoms with Crippen molar-refractivity contribution in [3.63, 3.8) is 0 Å². The van der Waals surface area contributed by atoms with Crippen LogP contribution in [0, 0.1) is 0 Å². The van der Waals surface area contributed by atoms with Crippen LogP contribution in [0.4, 0.5) is 0 Å². The topological polar surface area (TPSA) is 58.6 Å². The first-order chi connectivity index (χ1) is 10.5. The number of halogens is 2. The molecule has 0 aromatic heterocycles. The number of nitrogens with one attached hydrogen (secondary N) is 1. The molecule has 1 saturated heterocycles. The first-order valence-electron chi connectivity index (χ1n) is 6.80. The minimum Gasteiger partial charge on any atom is -0.485 e. The molecule has 1 aromatic rings. The van der Waals surface area contributed by atoms with Crippen molar-refractivity contribution in [3.8, 4) is 5.75 Å². The van der Waals surface area contributed by atoms with Gasteiger partial charge in [-0.05, 0) is 18.2 Å². The van der Waals surface area contributed by atoms with Crippen LogP contribution in [-0.4, -0.2) is 42.5 Å². The van der Waals surface area contributed by atoms with Gasteiger partial charge in [0.25, 0.3) is 0 Å². The highest BCUT2D eigenvalue weighted by Crippen LogP contribution is 2.33. The van der Waals surface area contributed by atoms with E-state index >= 15 is 0 Å². The number of hydrogen-bond acceptors (Lipinski definition) is 3. The summed E-state index contributed by atoms with van der Waals surface area (Å²) in [7, 11) is 0. The van der Waals surface area contributed by atoms with E-state index in [1.807, 2.05) is 0 Å². The zero-order valence-electron chi connectivity index (χ0n) is 11.9. The van der Waals surface area contributed by atoms with Crippen LogP contribution in [0.5, 0.6) is 5.75 Å². The van der Waals surface area contributed by atoms with Gasteiger partial charge in [-0.1, -0.05) is 35.8 Å². The highest BCUT2D eigenvalue weighted by molar-refractivity contribution is 6.42. The van der Waals surface area contributed by atoms with Crippen molar-refractivity contribution >= 4 is 35.0 Å². The highest BCUT2D eigenvalue weighted by atomic mass is 35.5. The Hall–Kier alpha value is -1.72. The van der Waals surface area contributed by atoms with Crippen molar-refractivity contribution < 1.29 is 14.3 Å². The number of benzene rings is 1. The van der Waals surface area contributed by atoms with E-state index in [2.05, 4.69) is 11.9 Å². The van der Waals surface area contributed by atoms with Crippen LogP contribution in [0.25, 0.3) is 0 Å². The first kappa shape index (κ1) is 16.6. The van der Waals surface area contributed by atoms with Gasteiger partial charge in [-0.2, -0.15) is 0 Å². The highest BCUT2D eigenvalue weighted by Gasteiger charge is 2.32. The van der Waals surface area contributed by atoms with E-state index in [-0.39, 0.29) is 24.3 Å². The standard InChI is InChI=1S/C15H16Cl2N2O3/c1-2-13(20)18-7-6-14(21)19-8-10(9-19)22-12-5-3-4-11(16)15(12)17/h2-5,10H,1,6-9H2,(H,18,20). The van der Waals surface area contributed by atoms with Crippen LogP contribution >= 0.6 is 23.2 Å². The maximum absolute atomic E-state index is 11.9. The molecule has 7 heteroatoms. The third-order valence-electron chi connectivity index (χ3n) is 3.23. The van der Waals surface area contributed by atoms with E-state index in [1.54, 1.807) is 23.1 Å². The summed E-state index contributed by atoms with van der Waals surface area (Å²) in [5.41, 5.74) is 0. The normalized spacial score (nSPS) is 14.2. The van der Waals surface area contributed by atoms with Gasteiger partial charge >= 0.3 is 0 Å². The fourth-order valence-corrected chi connectivity index (χ4v) is 2.33. The number of nitrogens with zero attached hydrogens (tertiary/aromatic N) is 1. The average molecular weight is 343 g/mol. The van der Waals surface area contributed by atoms with Crippen molar-refractivity contribution in [1.29, 1.82) is 0 Å². The summed E-state index contributed by atoms with van der Waals surface area (Å²) in [5, 5.41) is 3.37. The van der Waals surface area contributed by atoms with Crippen molar-refractivity contribution in [2.45, 2.75) is 12.5 Å². The molecule has 2 amide bonds.